The molecule has 1 aliphatic rings. The summed E-state index contributed by atoms with van der Waals surface area (Å²) >= 11 is 7.11. The van der Waals surface area contributed by atoms with Gasteiger partial charge in [-0.25, -0.2) is 4.79 Å². The summed E-state index contributed by atoms with van der Waals surface area (Å²) in [6, 6.07) is 9.27. The number of aromatic nitrogens is 3. The Morgan fingerprint density at radius 2 is 1.94 bits per heavy atom. The van der Waals surface area contributed by atoms with Gasteiger partial charge >= 0.3 is 12.1 Å². The summed E-state index contributed by atoms with van der Waals surface area (Å²) in [6.07, 6.45) is -0.320. The zero-order valence-corrected chi connectivity index (χ0v) is 18.1. The van der Waals surface area contributed by atoms with Gasteiger partial charge in [-0.05, 0) is 36.9 Å². The summed E-state index contributed by atoms with van der Waals surface area (Å²) in [5.74, 6) is -0.851. The number of benzene rings is 1. The highest BCUT2D eigenvalue weighted by Crippen LogP contribution is 2.49. The van der Waals surface area contributed by atoms with Crippen molar-refractivity contribution in [1.29, 1.82) is 0 Å². The maximum atomic E-state index is 12.4. The van der Waals surface area contributed by atoms with E-state index in [4.69, 9.17) is 25.2 Å². The smallest absolute Gasteiger partial charge is 0.412 e. The molecule has 2 N–H and O–H groups in total. The van der Waals surface area contributed by atoms with E-state index in [9.17, 15) is 14.7 Å². The number of oxazole rings is 2. The van der Waals surface area contributed by atoms with E-state index in [1.54, 1.807) is 6.92 Å². The number of carboxylic acid groups (broad SMARTS) is 1. The number of anilines is 1. The molecule has 1 unspecified atom stereocenters. The molecule has 0 radical (unpaired) electrons. The summed E-state index contributed by atoms with van der Waals surface area (Å²) in [5, 5.41) is 12.0. The van der Waals surface area contributed by atoms with E-state index in [2.05, 4.69) is 19.7 Å². The average molecular weight is 475 g/mol. The Morgan fingerprint density at radius 3 is 2.59 bits per heavy atom. The standard InChI is InChI=1S/C20H15ClN4O6S/c1-9(10-5-3-2-4-6-10)29-19(28)22-11-12(32-25-13(11)21)14-23-15-16(30-14)24-17(31-15)20(7-8-20)18(26)27/h2-6,9H,7-8H2,1H3,(H,22,28)(H,26,27). The number of hydrogen-bond acceptors (Lipinski definition) is 9. The first-order valence-corrected chi connectivity index (χ1v) is 10.7. The molecule has 1 amide bonds. The molecule has 12 heteroatoms. The molecule has 3 aromatic heterocycles. The minimum atomic E-state index is -1.11. The zero-order valence-electron chi connectivity index (χ0n) is 16.5. The maximum absolute atomic E-state index is 12.4. The summed E-state index contributed by atoms with van der Waals surface area (Å²) in [4.78, 5) is 32.6. The Morgan fingerprint density at radius 1 is 1.22 bits per heavy atom. The number of nitrogens with one attached hydrogen (secondary N) is 1. The van der Waals surface area contributed by atoms with E-state index >= 15 is 0 Å². The first-order valence-electron chi connectivity index (χ1n) is 9.57. The van der Waals surface area contributed by atoms with Gasteiger partial charge in [-0.3, -0.25) is 10.1 Å². The van der Waals surface area contributed by atoms with Crippen LogP contribution in [0.4, 0.5) is 10.5 Å². The molecule has 0 aliphatic heterocycles. The molecule has 164 valence electrons. The van der Waals surface area contributed by atoms with Crippen LogP contribution in [-0.4, -0.2) is 31.5 Å². The Labute approximate surface area is 189 Å². The lowest BCUT2D eigenvalue weighted by molar-refractivity contribution is -0.140. The molecule has 0 bridgehead atoms. The highest BCUT2D eigenvalue weighted by molar-refractivity contribution is 7.10. The van der Waals surface area contributed by atoms with Crippen molar-refractivity contribution in [2.24, 2.45) is 0 Å². The zero-order chi connectivity index (χ0) is 22.5. The lowest BCUT2D eigenvalue weighted by Gasteiger charge is -2.14. The third-order valence-corrected chi connectivity index (χ3v) is 6.38. The van der Waals surface area contributed by atoms with Crippen LogP contribution in [0.25, 0.3) is 22.2 Å². The Hall–Kier alpha value is -3.44. The number of aliphatic carboxylic acids is 1. The van der Waals surface area contributed by atoms with Crippen molar-refractivity contribution in [2.45, 2.75) is 31.3 Å². The molecule has 1 atom stereocenters. The number of hydrogen-bond donors (Lipinski definition) is 2. The predicted molar refractivity (Wildman–Crippen MR) is 114 cm³/mol. The topological polar surface area (TPSA) is 141 Å². The van der Waals surface area contributed by atoms with Crippen molar-refractivity contribution >= 4 is 52.3 Å². The van der Waals surface area contributed by atoms with E-state index in [0.717, 1.165) is 17.1 Å². The van der Waals surface area contributed by atoms with Crippen LogP contribution in [0.2, 0.25) is 5.15 Å². The largest absolute Gasteiger partial charge is 0.480 e. The fourth-order valence-corrected chi connectivity index (χ4v) is 4.17. The SMILES string of the molecule is CC(OC(=O)Nc1c(Cl)nsc1-c1nc2oc(C3(C(=O)O)CC3)nc2o1)c1ccccc1. The second kappa shape index (κ2) is 7.61. The molecule has 3 heterocycles. The fraction of sp³-hybridized carbons (Fsp3) is 0.250. The Kier molecular flexibility index (Phi) is 4.86. The van der Waals surface area contributed by atoms with E-state index in [0.29, 0.717) is 17.7 Å². The van der Waals surface area contributed by atoms with Crippen LogP contribution in [0.15, 0.2) is 39.2 Å². The maximum Gasteiger partial charge on any atom is 0.412 e. The molecule has 0 saturated heterocycles. The number of amides is 1. The van der Waals surface area contributed by atoms with Gasteiger partial charge < -0.3 is 18.7 Å². The fourth-order valence-electron chi connectivity index (χ4n) is 3.20. The third-order valence-electron chi connectivity index (χ3n) is 5.17. The summed E-state index contributed by atoms with van der Waals surface area (Å²) in [7, 11) is 0. The Bertz CT molecular complexity index is 1300. The number of halogens is 1. The minimum Gasteiger partial charge on any atom is -0.480 e. The average Bonchev–Trinajstić information content (AvgIpc) is 3.18. The van der Waals surface area contributed by atoms with Gasteiger partial charge in [0.1, 0.15) is 22.1 Å². The van der Waals surface area contributed by atoms with Crippen molar-refractivity contribution in [3.05, 3.63) is 46.9 Å². The van der Waals surface area contributed by atoms with Crippen LogP contribution in [0.1, 0.15) is 37.3 Å². The molecular formula is C20H15ClN4O6S. The molecule has 1 fully saturated rings. The lowest BCUT2D eigenvalue weighted by atomic mass is 10.1. The number of carbonyl (C=O) groups excluding carboxylic acids is 1. The van der Waals surface area contributed by atoms with E-state index < -0.39 is 23.6 Å². The number of ether oxygens (including phenoxy) is 1. The van der Waals surface area contributed by atoms with Crippen LogP contribution in [0.3, 0.4) is 0 Å². The number of rotatable bonds is 6. The third kappa shape index (κ3) is 3.49. The molecular weight excluding hydrogens is 460 g/mol. The quantitative estimate of drug-likeness (QED) is 0.394. The molecule has 1 saturated carbocycles. The summed E-state index contributed by atoms with van der Waals surface area (Å²) in [6.45, 7) is 1.75. The van der Waals surface area contributed by atoms with Gasteiger partial charge in [-0.2, -0.15) is 14.3 Å². The van der Waals surface area contributed by atoms with Crippen LogP contribution >= 0.6 is 23.1 Å². The van der Waals surface area contributed by atoms with Gasteiger partial charge in [0.15, 0.2) is 5.15 Å². The number of carbonyl (C=O) groups is 2. The molecule has 10 nitrogen and oxygen atoms in total. The van der Waals surface area contributed by atoms with Gasteiger partial charge in [0.2, 0.25) is 11.8 Å². The van der Waals surface area contributed by atoms with Gasteiger partial charge in [0, 0.05) is 0 Å². The van der Waals surface area contributed by atoms with Crippen LogP contribution in [-0.2, 0) is 14.9 Å². The van der Waals surface area contributed by atoms with Crippen LogP contribution in [0.5, 0.6) is 0 Å². The van der Waals surface area contributed by atoms with Crippen molar-refractivity contribution in [1.82, 2.24) is 14.3 Å². The highest BCUT2D eigenvalue weighted by atomic mass is 35.5. The van der Waals surface area contributed by atoms with E-state index in [-0.39, 0.29) is 34.0 Å². The van der Waals surface area contributed by atoms with Crippen molar-refractivity contribution < 1.29 is 28.3 Å². The van der Waals surface area contributed by atoms with Crippen LogP contribution < -0.4 is 5.32 Å². The number of fused-ring (bicyclic) bond motifs is 1. The van der Waals surface area contributed by atoms with E-state index in [1.165, 1.54) is 0 Å². The van der Waals surface area contributed by atoms with Crippen LogP contribution in [0, 0.1) is 0 Å². The van der Waals surface area contributed by atoms with Crippen molar-refractivity contribution in [3.63, 3.8) is 0 Å². The lowest BCUT2D eigenvalue weighted by Crippen LogP contribution is -2.19. The summed E-state index contributed by atoms with van der Waals surface area (Å²) < 4.78 is 20.6. The molecule has 32 heavy (non-hydrogen) atoms. The van der Waals surface area contributed by atoms with Crippen molar-refractivity contribution in [3.8, 4) is 10.8 Å². The molecule has 4 aromatic rings. The highest BCUT2D eigenvalue weighted by Gasteiger charge is 2.56. The summed E-state index contributed by atoms with van der Waals surface area (Å²) in [5.41, 5.74) is 0.0114. The molecule has 1 aromatic carbocycles. The second-order valence-electron chi connectivity index (χ2n) is 7.30. The molecule has 0 spiro atoms. The second-order valence-corrected chi connectivity index (χ2v) is 8.43. The van der Waals surface area contributed by atoms with E-state index in [1.807, 2.05) is 30.3 Å². The monoisotopic (exact) mass is 474 g/mol. The van der Waals surface area contributed by atoms with Gasteiger partial charge in [0.25, 0.3) is 11.4 Å². The molecule has 1 aliphatic carbocycles. The minimum absolute atomic E-state index is 0.0422. The number of carboxylic acids is 1. The van der Waals surface area contributed by atoms with Gasteiger partial charge in [-0.1, -0.05) is 41.9 Å². The van der Waals surface area contributed by atoms with Crippen molar-refractivity contribution in [2.75, 3.05) is 5.32 Å². The van der Waals surface area contributed by atoms with Gasteiger partial charge in [0.05, 0.1) is 0 Å². The number of nitrogens with zero attached hydrogens (tertiary/aromatic N) is 3. The predicted octanol–water partition coefficient (Wildman–Crippen LogP) is 5.02. The molecule has 5 rings (SSSR count). The Balaban J connectivity index is 1.36. The van der Waals surface area contributed by atoms with Gasteiger partial charge in [-0.15, -0.1) is 0 Å². The first-order chi connectivity index (χ1) is 15.4. The first kappa shape index (κ1) is 20.5. The normalized spacial score (nSPS) is 15.4.